The minimum absolute atomic E-state index is 0.120. The van der Waals surface area contributed by atoms with Gasteiger partial charge in [0.2, 0.25) is 0 Å². The van der Waals surface area contributed by atoms with Gasteiger partial charge in [0, 0.05) is 6.26 Å². The fourth-order valence-electron chi connectivity index (χ4n) is 2.53. The Labute approximate surface area is 167 Å². The third-order valence-electron chi connectivity index (χ3n) is 3.71. The van der Waals surface area contributed by atoms with E-state index < -0.39 is 22.0 Å². The first kappa shape index (κ1) is 22.9. The number of rotatable bonds is 3. The van der Waals surface area contributed by atoms with Crippen molar-refractivity contribution in [3.05, 3.63) is 58.6 Å². The number of aromatic hydroxyl groups is 1. The van der Waals surface area contributed by atoms with E-state index in [2.05, 4.69) is 9.97 Å². The van der Waals surface area contributed by atoms with Crippen LogP contribution in [0.1, 0.15) is 5.56 Å². The molecule has 0 radical (unpaired) electrons. The first-order valence-corrected chi connectivity index (χ1v) is 10.1. The lowest BCUT2D eigenvalue weighted by Gasteiger charge is -2.10. The molecule has 0 amide bonds. The molecule has 30 heavy (non-hydrogen) atoms. The molecule has 3 N–H and O–H groups in total. The average Bonchev–Trinajstić information content (AvgIpc) is 2.61. The van der Waals surface area contributed by atoms with Crippen LogP contribution in [0.15, 0.2) is 47.5 Å². The van der Waals surface area contributed by atoms with Crippen LogP contribution in [0.3, 0.4) is 0 Å². The van der Waals surface area contributed by atoms with Crippen LogP contribution in [0.25, 0.3) is 22.0 Å². The minimum atomic E-state index is -5.08. The van der Waals surface area contributed by atoms with Gasteiger partial charge in [0.15, 0.2) is 9.84 Å². The summed E-state index contributed by atoms with van der Waals surface area (Å²) in [7, 11) is -3.21. The standard InChI is InChI=1S/C16H14N2O4S.C2HF3O2/c1-23(21,22)8-10-4-2-3-5-12(10)11-6-13-15(14(19)7-11)17-9-18-16(13)20;3-2(4,5)1(6)7/h2-7,9,19H,8H2,1H3,(H,17,18,20);(H,6,7). The van der Waals surface area contributed by atoms with Crippen molar-refractivity contribution < 1.29 is 36.6 Å². The highest BCUT2D eigenvalue weighted by Crippen LogP contribution is 2.31. The van der Waals surface area contributed by atoms with Gasteiger partial charge in [-0.1, -0.05) is 24.3 Å². The number of aromatic amines is 1. The number of carbonyl (C=O) groups is 1. The molecule has 12 heteroatoms. The van der Waals surface area contributed by atoms with Crippen molar-refractivity contribution in [2.75, 3.05) is 6.26 Å². The topological polar surface area (TPSA) is 137 Å². The fourth-order valence-corrected chi connectivity index (χ4v) is 3.34. The van der Waals surface area contributed by atoms with Crippen molar-refractivity contribution in [1.82, 2.24) is 9.97 Å². The number of benzene rings is 2. The van der Waals surface area contributed by atoms with Gasteiger partial charge < -0.3 is 15.2 Å². The molecule has 3 rings (SSSR count). The summed E-state index contributed by atoms with van der Waals surface area (Å²) in [6, 6.07) is 10.1. The van der Waals surface area contributed by atoms with Crippen molar-refractivity contribution in [1.29, 1.82) is 0 Å². The molecule has 0 atom stereocenters. The molecule has 2 aromatic carbocycles. The molecule has 0 saturated carbocycles. The molecule has 0 fully saturated rings. The van der Waals surface area contributed by atoms with Gasteiger partial charge in [-0.3, -0.25) is 4.79 Å². The highest BCUT2D eigenvalue weighted by atomic mass is 32.2. The summed E-state index contributed by atoms with van der Waals surface area (Å²) < 4.78 is 54.9. The maximum absolute atomic E-state index is 11.9. The van der Waals surface area contributed by atoms with Crippen LogP contribution < -0.4 is 5.56 Å². The van der Waals surface area contributed by atoms with E-state index in [4.69, 9.17) is 9.90 Å². The molecule has 1 heterocycles. The first-order chi connectivity index (χ1) is 13.8. The maximum Gasteiger partial charge on any atom is 0.490 e. The van der Waals surface area contributed by atoms with Crippen molar-refractivity contribution in [3.8, 4) is 16.9 Å². The molecule has 3 aromatic rings. The normalized spacial score (nSPS) is 11.6. The van der Waals surface area contributed by atoms with Crippen LogP contribution in [-0.2, 0) is 20.4 Å². The monoisotopic (exact) mass is 444 g/mol. The van der Waals surface area contributed by atoms with E-state index in [0.717, 1.165) is 6.26 Å². The Morgan fingerprint density at radius 2 is 1.80 bits per heavy atom. The zero-order valence-electron chi connectivity index (χ0n) is 15.3. The second-order valence-electron chi connectivity index (χ2n) is 6.15. The molecule has 0 bridgehead atoms. The maximum atomic E-state index is 11.9. The number of phenolic OH excluding ortho intramolecular Hbond substituents is 1. The van der Waals surface area contributed by atoms with E-state index in [1.54, 1.807) is 30.3 Å². The zero-order chi connectivity index (χ0) is 22.7. The quantitative estimate of drug-likeness (QED) is 0.564. The highest BCUT2D eigenvalue weighted by molar-refractivity contribution is 7.89. The van der Waals surface area contributed by atoms with Gasteiger partial charge in [0.05, 0.1) is 17.5 Å². The second-order valence-corrected chi connectivity index (χ2v) is 8.29. The Bertz CT molecular complexity index is 1250. The zero-order valence-corrected chi connectivity index (χ0v) is 16.1. The van der Waals surface area contributed by atoms with E-state index in [1.807, 2.05) is 0 Å². The lowest BCUT2D eigenvalue weighted by molar-refractivity contribution is -0.192. The number of alkyl halides is 3. The van der Waals surface area contributed by atoms with Crippen molar-refractivity contribution in [2.24, 2.45) is 0 Å². The number of sulfone groups is 1. The van der Waals surface area contributed by atoms with Crippen molar-refractivity contribution in [2.45, 2.75) is 11.9 Å². The Morgan fingerprint density at radius 3 is 2.37 bits per heavy atom. The number of hydrogen-bond acceptors (Lipinski definition) is 6. The summed E-state index contributed by atoms with van der Waals surface area (Å²) >= 11 is 0. The van der Waals surface area contributed by atoms with E-state index >= 15 is 0 Å². The number of hydrogen-bond donors (Lipinski definition) is 3. The number of fused-ring (bicyclic) bond motifs is 1. The summed E-state index contributed by atoms with van der Waals surface area (Å²) in [5.74, 6) is -3.00. The Morgan fingerprint density at radius 1 is 1.20 bits per heavy atom. The van der Waals surface area contributed by atoms with Crippen molar-refractivity contribution in [3.63, 3.8) is 0 Å². The number of carboxylic acids is 1. The number of halogens is 3. The number of aliphatic carboxylic acids is 1. The summed E-state index contributed by atoms with van der Waals surface area (Å²) in [4.78, 5) is 27.2. The molecular weight excluding hydrogens is 429 g/mol. The first-order valence-electron chi connectivity index (χ1n) is 8.06. The van der Waals surface area contributed by atoms with E-state index in [0.29, 0.717) is 16.7 Å². The lowest BCUT2D eigenvalue weighted by atomic mass is 9.99. The molecular formula is C18H15F3N2O6S. The van der Waals surface area contributed by atoms with E-state index in [1.165, 1.54) is 12.4 Å². The molecule has 0 unspecified atom stereocenters. The lowest BCUT2D eigenvalue weighted by Crippen LogP contribution is -2.21. The molecule has 0 aliphatic heterocycles. The van der Waals surface area contributed by atoms with Crippen molar-refractivity contribution >= 4 is 26.7 Å². The van der Waals surface area contributed by atoms with Crippen LogP contribution in [0.2, 0.25) is 0 Å². The Hall–Kier alpha value is -3.41. The van der Waals surface area contributed by atoms with Crippen LogP contribution in [-0.4, -0.2) is 47.0 Å². The fraction of sp³-hybridized carbons (Fsp3) is 0.167. The number of carboxylic acid groups (broad SMARTS) is 1. The number of phenols is 1. The van der Waals surface area contributed by atoms with Crippen LogP contribution in [0.5, 0.6) is 5.75 Å². The van der Waals surface area contributed by atoms with Crippen LogP contribution >= 0.6 is 0 Å². The molecule has 0 spiro atoms. The van der Waals surface area contributed by atoms with Gasteiger partial charge in [-0.25, -0.2) is 18.2 Å². The van der Waals surface area contributed by atoms with Gasteiger partial charge in [0.1, 0.15) is 11.3 Å². The van der Waals surface area contributed by atoms with Gasteiger partial charge in [-0.05, 0) is 28.8 Å². The molecule has 160 valence electrons. The van der Waals surface area contributed by atoms with Crippen LogP contribution in [0.4, 0.5) is 13.2 Å². The van der Waals surface area contributed by atoms with E-state index in [9.17, 15) is 31.5 Å². The predicted octanol–water partition coefficient (Wildman–Crippen LogP) is 2.47. The van der Waals surface area contributed by atoms with Crippen LogP contribution in [0, 0.1) is 0 Å². The Balaban J connectivity index is 0.000000396. The molecule has 0 aliphatic rings. The largest absolute Gasteiger partial charge is 0.506 e. The summed E-state index contributed by atoms with van der Waals surface area (Å²) in [6.45, 7) is 0. The summed E-state index contributed by atoms with van der Waals surface area (Å²) in [5, 5.41) is 17.5. The second kappa shape index (κ2) is 8.53. The third-order valence-corrected chi connectivity index (χ3v) is 4.55. The number of nitrogens with one attached hydrogen (secondary N) is 1. The highest BCUT2D eigenvalue weighted by Gasteiger charge is 2.38. The molecule has 8 nitrogen and oxygen atoms in total. The van der Waals surface area contributed by atoms with Gasteiger partial charge in [-0.2, -0.15) is 13.2 Å². The summed E-state index contributed by atoms with van der Waals surface area (Å²) in [6.07, 6.45) is -2.70. The summed E-state index contributed by atoms with van der Waals surface area (Å²) in [5.41, 5.74) is 1.66. The van der Waals surface area contributed by atoms with Gasteiger partial charge in [0.25, 0.3) is 5.56 Å². The number of aromatic nitrogens is 2. The molecule has 1 aromatic heterocycles. The van der Waals surface area contributed by atoms with Gasteiger partial charge in [-0.15, -0.1) is 0 Å². The Kier molecular flexibility index (Phi) is 6.50. The number of H-pyrrole nitrogens is 1. The molecule has 0 aliphatic carbocycles. The smallest absolute Gasteiger partial charge is 0.490 e. The third kappa shape index (κ3) is 5.80. The predicted molar refractivity (Wildman–Crippen MR) is 102 cm³/mol. The molecule has 0 saturated heterocycles. The minimum Gasteiger partial charge on any atom is -0.506 e. The van der Waals surface area contributed by atoms with Gasteiger partial charge >= 0.3 is 12.1 Å². The number of nitrogens with zero attached hydrogens (tertiary/aromatic N) is 1. The SMILES string of the molecule is CS(=O)(=O)Cc1ccccc1-c1cc(O)c2nc[nH]c(=O)c2c1.O=C(O)C(F)(F)F. The van der Waals surface area contributed by atoms with E-state index in [-0.39, 0.29) is 28.0 Å². The average molecular weight is 444 g/mol.